The number of likely N-dealkylation sites (N-methyl/N-ethyl adjacent to an activating group) is 1. The second kappa shape index (κ2) is 7.46. The van der Waals surface area contributed by atoms with E-state index in [1.165, 1.54) is 19.4 Å². The summed E-state index contributed by atoms with van der Waals surface area (Å²) in [6.07, 6.45) is 2.69. The molecule has 1 rings (SSSR count). The first-order valence-corrected chi connectivity index (χ1v) is 7.51. The van der Waals surface area contributed by atoms with Crippen LogP contribution in [0, 0.1) is 11.3 Å². The molecule has 1 aliphatic rings. The Balaban J connectivity index is 2.40. The summed E-state index contributed by atoms with van der Waals surface area (Å²) in [5, 5.41) is 3.70. The third-order valence-electron chi connectivity index (χ3n) is 4.26. The molecule has 0 aliphatic heterocycles. The molecule has 18 heavy (non-hydrogen) atoms. The van der Waals surface area contributed by atoms with Gasteiger partial charge in [-0.25, -0.2) is 0 Å². The van der Waals surface area contributed by atoms with E-state index in [-0.39, 0.29) is 0 Å². The summed E-state index contributed by atoms with van der Waals surface area (Å²) in [6.45, 7) is 14.1. The van der Waals surface area contributed by atoms with E-state index in [4.69, 9.17) is 4.74 Å². The van der Waals surface area contributed by atoms with Crippen molar-refractivity contribution in [3.8, 4) is 0 Å². The van der Waals surface area contributed by atoms with Gasteiger partial charge in [-0.3, -0.25) is 0 Å². The van der Waals surface area contributed by atoms with E-state index >= 15 is 0 Å². The molecule has 0 heterocycles. The van der Waals surface area contributed by atoms with Gasteiger partial charge in [-0.15, -0.1) is 0 Å². The van der Waals surface area contributed by atoms with Crippen molar-refractivity contribution < 1.29 is 4.74 Å². The van der Waals surface area contributed by atoms with Crippen molar-refractivity contribution in [2.75, 3.05) is 39.9 Å². The highest BCUT2D eigenvalue weighted by atomic mass is 16.5. The Morgan fingerprint density at radius 3 is 2.67 bits per heavy atom. The first-order valence-electron chi connectivity index (χ1n) is 7.51. The van der Waals surface area contributed by atoms with Crippen LogP contribution >= 0.6 is 0 Å². The minimum Gasteiger partial charge on any atom is -0.380 e. The molecule has 0 bridgehead atoms. The molecule has 0 amide bonds. The second-order valence-corrected chi connectivity index (χ2v) is 6.28. The van der Waals surface area contributed by atoms with Gasteiger partial charge in [0.05, 0.1) is 6.61 Å². The highest BCUT2D eigenvalue weighted by Crippen LogP contribution is 2.41. The molecule has 1 saturated carbocycles. The van der Waals surface area contributed by atoms with Gasteiger partial charge in [-0.2, -0.15) is 0 Å². The predicted molar refractivity (Wildman–Crippen MR) is 78.0 cm³/mol. The molecule has 3 nitrogen and oxygen atoms in total. The lowest BCUT2D eigenvalue weighted by Gasteiger charge is -2.33. The van der Waals surface area contributed by atoms with E-state index in [1.54, 1.807) is 0 Å². The Bertz CT molecular complexity index is 231. The summed E-state index contributed by atoms with van der Waals surface area (Å²) in [5.74, 6) is 0.784. The maximum absolute atomic E-state index is 5.43. The van der Waals surface area contributed by atoms with E-state index in [1.807, 2.05) is 0 Å². The number of hydrogen-bond donors (Lipinski definition) is 1. The van der Waals surface area contributed by atoms with Crippen LogP contribution in [0.2, 0.25) is 0 Å². The lowest BCUT2D eigenvalue weighted by molar-refractivity contribution is 0.112. The predicted octanol–water partition coefficient (Wildman–Crippen LogP) is 2.37. The van der Waals surface area contributed by atoms with Crippen LogP contribution in [0.3, 0.4) is 0 Å². The fourth-order valence-corrected chi connectivity index (χ4v) is 3.23. The van der Waals surface area contributed by atoms with Crippen molar-refractivity contribution in [1.29, 1.82) is 0 Å². The molecule has 0 radical (unpaired) electrons. The minimum absolute atomic E-state index is 0.446. The molecule has 0 aromatic rings. The lowest BCUT2D eigenvalue weighted by atomic mass is 9.84. The van der Waals surface area contributed by atoms with Gasteiger partial charge in [0.15, 0.2) is 0 Å². The van der Waals surface area contributed by atoms with Crippen molar-refractivity contribution in [3.63, 3.8) is 0 Å². The molecule has 0 saturated heterocycles. The van der Waals surface area contributed by atoms with Crippen LogP contribution in [0.5, 0.6) is 0 Å². The average molecular weight is 256 g/mol. The molecule has 0 spiro atoms. The van der Waals surface area contributed by atoms with Gasteiger partial charge in [-0.1, -0.05) is 20.8 Å². The van der Waals surface area contributed by atoms with Crippen LogP contribution in [-0.2, 0) is 4.74 Å². The second-order valence-electron chi connectivity index (χ2n) is 6.28. The van der Waals surface area contributed by atoms with E-state index in [2.05, 4.69) is 45.0 Å². The fourth-order valence-electron chi connectivity index (χ4n) is 3.23. The van der Waals surface area contributed by atoms with Gasteiger partial charge in [0.1, 0.15) is 0 Å². The average Bonchev–Trinajstić information content (AvgIpc) is 2.57. The Kier molecular flexibility index (Phi) is 6.61. The third kappa shape index (κ3) is 4.52. The number of hydrogen-bond acceptors (Lipinski definition) is 3. The highest BCUT2D eigenvalue weighted by molar-refractivity contribution is 4.96. The summed E-state index contributed by atoms with van der Waals surface area (Å²) >= 11 is 0. The van der Waals surface area contributed by atoms with E-state index < -0.39 is 0 Å². The van der Waals surface area contributed by atoms with Crippen molar-refractivity contribution in [2.24, 2.45) is 11.3 Å². The summed E-state index contributed by atoms with van der Waals surface area (Å²) in [6, 6.07) is 0.664. The molecule has 1 N–H and O–H groups in total. The van der Waals surface area contributed by atoms with Crippen LogP contribution < -0.4 is 5.32 Å². The summed E-state index contributed by atoms with van der Waals surface area (Å²) in [5.41, 5.74) is 0.446. The zero-order chi connectivity index (χ0) is 13.6. The van der Waals surface area contributed by atoms with E-state index in [9.17, 15) is 0 Å². The van der Waals surface area contributed by atoms with Crippen LogP contribution in [0.1, 0.15) is 40.5 Å². The van der Waals surface area contributed by atoms with Gasteiger partial charge in [-0.05, 0) is 44.7 Å². The zero-order valence-electron chi connectivity index (χ0n) is 13.0. The Morgan fingerprint density at radius 1 is 1.33 bits per heavy atom. The van der Waals surface area contributed by atoms with Gasteiger partial charge >= 0.3 is 0 Å². The lowest BCUT2D eigenvalue weighted by Crippen LogP contribution is -2.45. The molecule has 0 aromatic heterocycles. The van der Waals surface area contributed by atoms with Gasteiger partial charge in [0.25, 0.3) is 0 Å². The van der Waals surface area contributed by atoms with E-state index in [0.717, 1.165) is 32.2 Å². The molecule has 108 valence electrons. The van der Waals surface area contributed by atoms with Gasteiger partial charge < -0.3 is 15.0 Å². The Hall–Kier alpha value is -0.120. The first-order chi connectivity index (χ1) is 8.51. The molecular weight excluding hydrogens is 224 g/mol. The number of ether oxygens (including phenoxy) is 1. The topological polar surface area (TPSA) is 24.5 Å². The molecule has 1 fully saturated rings. The monoisotopic (exact) mass is 256 g/mol. The van der Waals surface area contributed by atoms with Gasteiger partial charge in [0.2, 0.25) is 0 Å². The maximum Gasteiger partial charge on any atom is 0.0593 e. The fraction of sp³-hybridized carbons (Fsp3) is 1.00. The summed E-state index contributed by atoms with van der Waals surface area (Å²) in [4.78, 5) is 2.42. The van der Waals surface area contributed by atoms with E-state index in [0.29, 0.717) is 11.5 Å². The minimum atomic E-state index is 0.446. The Morgan fingerprint density at radius 2 is 2.06 bits per heavy atom. The standard InChI is InChI=1S/C15H32N2O/c1-6-16-14-13(8-9-15(14,3)4)12-17(5)10-11-18-7-2/h13-14,16H,6-12H2,1-5H3. The van der Waals surface area contributed by atoms with Crippen LogP contribution in [-0.4, -0.2) is 50.8 Å². The van der Waals surface area contributed by atoms with Crippen molar-refractivity contribution in [2.45, 2.75) is 46.6 Å². The van der Waals surface area contributed by atoms with Gasteiger partial charge in [0, 0.05) is 25.7 Å². The van der Waals surface area contributed by atoms with Crippen molar-refractivity contribution >= 4 is 0 Å². The molecular formula is C15H32N2O. The molecule has 2 unspecified atom stereocenters. The van der Waals surface area contributed by atoms with Crippen LogP contribution in [0.25, 0.3) is 0 Å². The molecule has 1 aliphatic carbocycles. The normalized spacial score (nSPS) is 27.0. The Labute approximate surface area is 113 Å². The van der Waals surface area contributed by atoms with Crippen LogP contribution in [0.15, 0.2) is 0 Å². The van der Waals surface area contributed by atoms with Crippen LogP contribution in [0.4, 0.5) is 0 Å². The number of rotatable bonds is 8. The summed E-state index contributed by atoms with van der Waals surface area (Å²) < 4.78 is 5.43. The molecule has 2 atom stereocenters. The first kappa shape index (κ1) is 15.9. The largest absolute Gasteiger partial charge is 0.380 e. The third-order valence-corrected chi connectivity index (χ3v) is 4.26. The smallest absolute Gasteiger partial charge is 0.0593 e. The quantitative estimate of drug-likeness (QED) is 0.675. The zero-order valence-corrected chi connectivity index (χ0v) is 13.0. The highest BCUT2D eigenvalue weighted by Gasteiger charge is 2.41. The van der Waals surface area contributed by atoms with Crippen molar-refractivity contribution in [3.05, 3.63) is 0 Å². The SMILES string of the molecule is CCNC1C(CN(C)CCOCC)CCC1(C)C. The summed E-state index contributed by atoms with van der Waals surface area (Å²) in [7, 11) is 2.22. The molecule has 0 aromatic carbocycles. The maximum atomic E-state index is 5.43. The van der Waals surface area contributed by atoms with Crippen molar-refractivity contribution in [1.82, 2.24) is 10.2 Å². The number of nitrogens with zero attached hydrogens (tertiary/aromatic N) is 1. The number of nitrogens with one attached hydrogen (secondary N) is 1. The molecule has 3 heteroatoms.